The van der Waals surface area contributed by atoms with Gasteiger partial charge in [0.25, 0.3) is 0 Å². The lowest BCUT2D eigenvalue weighted by Gasteiger charge is -2.43. The minimum absolute atomic E-state index is 0.165. The van der Waals surface area contributed by atoms with Crippen molar-refractivity contribution in [3.63, 3.8) is 0 Å². The fraction of sp³-hybridized carbons (Fsp3) is 0.500. The number of benzene rings is 1. The van der Waals surface area contributed by atoms with E-state index in [1.54, 1.807) is 0 Å². The molecule has 1 atom stereocenters. The van der Waals surface area contributed by atoms with Crippen LogP contribution in [0.15, 0.2) is 24.3 Å². The highest BCUT2D eigenvalue weighted by Crippen LogP contribution is 2.37. The molecule has 2 N–H and O–H groups in total. The van der Waals surface area contributed by atoms with Gasteiger partial charge in [0.1, 0.15) is 0 Å². The second-order valence-electron chi connectivity index (χ2n) is 4.31. The second kappa shape index (κ2) is 3.83. The summed E-state index contributed by atoms with van der Waals surface area (Å²) in [7, 11) is 4.05. The Bertz CT molecular complexity index is 351. The van der Waals surface area contributed by atoms with Crippen LogP contribution in [-0.4, -0.2) is 37.3 Å². The molecule has 0 radical (unpaired) electrons. The molecule has 0 spiro atoms. The molecule has 0 fully saturated rings. The van der Waals surface area contributed by atoms with Gasteiger partial charge < -0.3 is 10.4 Å². The van der Waals surface area contributed by atoms with Crippen molar-refractivity contribution in [3.8, 4) is 0 Å². The van der Waals surface area contributed by atoms with Crippen LogP contribution in [0.3, 0.4) is 0 Å². The molecule has 0 aromatic heterocycles. The van der Waals surface area contributed by atoms with E-state index in [0.29, 0.717) is 0 Å². The molecule has 1 aromatic rings. The molecule has 1 unspecified atom stereocenters. The SMILES string of the molecule is CN(C)C1(CO)CCNc2ccccc21. The summed E-state index contributed by atoms with van der Waals surface area (Å²) in [6, 6.07) is 8.22. The monoisotopic (exact) mass is 206 g/mol. The molecule has 3 heteroatoms. The van der Waals surface area contributed by atoms with E-state index in [-0.39, 0.29) is 12.1 Å². The number of hydrogen-bond acceptors (Lipinski definition) is 3. The highest BCUT2D eigenvalue weighted by molar-refractivity contribution is 5.56. The van der Waals surface area contributed by atoms with Crippen molar-refractivity contribution in [2.24, 2.45) is 0 Å². The summed E-state index contributed by atoms with van der Waals surface area (Å²) in [6.45, 7) is 1.08. The maximum Gasteiger partial charge on any atom is 0.0726 e. The number of para-hydroxylation sites is 1. The Morgan fingerprint density at radius 2 is 2.13 bits per heavy atom. The first kappa shape index (κ1) is 10.5. The van der Waals surface area contributed by atoms with Gasteiger partial charge in [-0.15, -0.1) is 0 Å². The number of aliphatic hydroxyl groups is 1. The third kappa shape index (κ3) is 1.52. The van der Waals surface area contributed by atoms with Gasteiger partial charge in [0.05, 0.1) is 12.1 Å². The van der Waals surface area contributed by atoms with Crippen molar-refractivity contribution in [2.45, 2.75) is 12.0 Å². The van der Waals surface area contributed by atoms with Crippen LogP contribution in [-0.2, 0) is 5.54 Å². The van der Waals surface area contributed by atoms with Crippen molar-refractivity contribution in [1.82, 2.24) is 4.90 Å². The van der Waals surface area contributed by atoms with E-state index in [1.165, 1.54) is 5.56 Å². The summed E-state index contributed by atoms with van der Waals surface area (Å²) in [4.78, 5) is 2.12. The first-order chi connectivity index (χ1) is 7.20. The maximum absolute atomic E-state index is 9.69. The predicted molar refractivity (Wildman–Crippen MR) is 62.0 cm³/mol. The summed E-state index contributed by atoms with van der Waals surface area (Å²) in [5, 5.41) is 13.1. The van der Waals surface area contributed by atoms with Crippen LogP contribution in [0.4, 0.5) is 5.69 Å². The Hall–Kier alpha value is -1.06. The van der Waals surface area contributed by atoms with Gasteiger partial charge in [-0.05, 0) is 32.1 Å². The summed E-state index contributed by atoms with van der Waals surface area (Å²) < 4.78 is 0. The van der Waals surface area contributed by atoms with E-state index in [2.05, 4.69) is 22.3 Å². The number of rotatable bonds is 2. The number of fused-ring (bicyclic) bond motifs is 1. The molecule has 82 valence electrons. The number of hydrogen-bond donors (Lipinski definition) is 2. The fourth-order valence-corrected chi connectivity index (χ4v) is 2.35. The van der Waals surface area contributed by atoms with Crippen LogP contribution < -0.4 is 5.32 Å². The average Bonchev–Trinajstić information content (AvgIpc) is 2.28. The van der Waals surface area contributed by atoms with Crippen molar-refractivity contribution >= 4 is 5.69 Å². The highest BCUT2D eigenvalue weighted by atomic mass is 16.3. The molecule has 3 nitrogen and oxygen atoms in total. The number of nitrogens with zero attached hydrogens (tertiary/aromatic N) is 1. The smallest absolute Gasteiger partial charge is 0.0726 e. The Labute approximate surface area is 90.7 Å². The van der Waals surface area contributed by atoms with Gasteiger partial charge in [-0.3, -0.25) is 4.90 Å². The molecule has 1 aromatic carbocycles. The molecule has 0 saturated heterocycles. The molecule has 0 amide bonds. The van der Waals surface area contributed by atoms with E-state index >= 15 is 0 Å². The average molecular weight is 206 g/mol. The number of nitrogens with one attached hydrogen (secondary N) is 1. The van der Waals surface area contributed by atoms with Gasteiger partial charge in [0.15, 0.2) is 0 Å². The van der Waals surface area contributed by atoms with Crippen LogP contribution in [0.2, 0.25) is 0 Å². The molecule has 1 aliphatic heterocycles. The van der Waals surface area contributed by atoms with Crippen LogP contribution >= 0.6 is 0 Å². The van der Waals surface area contributed by atoms with Crippen molar-refractivity contribution in [1.29, 1.82) is 0 Å². The molecular formula is C12H18N2O. The van der Waals surface area contributed by atoms with Crippen molar-refractivity contribution < 1.29 is 5.11 Å². The molecule has 1 aliphatic rings. The summed E-state index contributed by atoms with van der Waals surface area (Å²) in [6.07, 6.45) is 0.938. The Morgan fingerprint density at radius 1 is 1.40 bits per heavy atom. The van der Waals surface area contributed by atoms with Gasteiger partial charge in [0.2, 0.25) is 0 Å². The topological polar surface area (TPSA) is 35.5 Å². The largest absolute Gasteiger partial charge is 0.394 e. The minimum atomic E-state index is -0.220. The predicted octanol–water partition coefficient (Wildman–Crippen LogP) is 1.25. The van der Waals surface area contributed by atoms with Gasteiger partial charge in [-0.2, -0.15) is 0 Å². The lowest BCUT2D eigenvalue weighted by Crippen LogP contribution is -2.48. The molecule has 1 heterocycles. The van der Waals surface area contributed by atoms with E-state index in [9.17, 15) is 5.11 Å². The van der Waals surface area contributed by atoms with Crippen LogP contribution in [0.5, 0.6) is 0 Å². The van der Waals surface area contributed by atoms with Crippen molar-refractivity contribution in [3.05, 3.63) is 29.8 Å². The zero-order valence-electron chi connectivity index (χ0n) is 9.33. The van der Waals surface area contributed by atoms with Crippen LogP contribution in [0.1, 0.15) is 12.0 Å². The second-order valence-corrected chi connectivity index (χ2v) is 4.31. The lowest BCUT2D eigenvalue weighted by molar-refractivity contribution is 0.0586. The summed E-state index contributed by atoms with van der Waals surface area (Å²) in [5.74, 6) is 0. The molecule has 0 bridgehead atoms. The van der Waals surface area contributed by atoms with Gasteiger partial charge in [-0.1, -0.05) is 18.2 Å². The van der Waals surface area contributed by atoms with Gasteiger partial charge >= 0.3 is 0 Å². The third-order valence-electron chi connectivity index (χ3n) is 3.40. The molecule has 0 saturated carbocycles. The van der Waals surface area contributed by atoms with Gasteiger partial charge in [0, 0.05) is 12.2 Å². The Morgan fingerprint density at radius 3 is 2.80 bits per heavy atom. The Balaban J connectivity index is 2.52. The lowest BCUT2D eigenvalue weighted by atomic mass is 9.82. The normalized spacial score (nSPS) is 24.8. The van der Waals surface area contributed by atoms with Crippen molar-refractivity contribution in [2.75, 3.05) is 32.6 Å². The molecular weight excluding hydrogens is 188 g/mol. The van der Waals surface area contributed by atoms with E-state index in [4.69, 9.17) is 0 Å². The Kier molecular flexibility index (Phi) is 2.67. The zero-order chi connectivity index (χ0) is 10.9. The standard InChI is InChI=1S/C12H18N2O/c1-14(2)12(9-15)7-8-13-11-6-4-3-5-10(11)12/h3-6,13,15H,7-9H2,1-2H3. The highest BCUT2D eigenvalue weighted by Gasteiger charge is 2.37. The summed E-state index contributed by atoms with van der Waals surface area (Å²) >= 11 is 0. The van der Waals surface area contributed by atoms with Crippen LogP contribution in [0.25, 0.3) is 0 Å². The zero-order valence-corrected chi connectivity index (χ0v) is 9.33. The van der Waals surface area contributed by atoms with Gasteiger partial charge in [-0.25, -0.2) is 0 Å². The summed E-state index contributed by atoms with van der Waals surface area (Å²) in [5.41, 5.74) is 2.12. The fourth-order valence-electron chi connectivity index (χ4n) is 2.35. The number of anilines is 1. The van der Waals surface area contributed by atoms with E-state index in [0.717, 1.165) is 18.7 Å². The van der Waals surface area contributed by atoms with E-state index < -0.39 is 0 Å². The third-order valence-corrected chi connectivity index (χ3v) is 3.40. The first-order valence-corrected chi connectivity index (χ1v) is 5.32. The molecule has 0 aliphatic carbocycles. The number of aliphatic hydroxyl groups excluding tert-OH is 1. The van der Waals surface area contributed by atoms with Crippen LogP contribution in [0, 0.1) is 0 Å². The molecule has 2 rings (SSSR count). The molecule has 15 heavy (non-hydrogen) atoms. The first-order valence-electron chi connectivity index (χ1n) is 5.32. The quantitative estimate of drug-likeness (QED) is 0.764. The maximum atomic E-state index is 9.69. The van der Waals surface area contributed by atoms with E-state index in [1.807, 2.05) is 26.2 Å². The number of likely N-dealkylation sites (N-methyl/N-ethyl adjacent to an activating group) is 1. The minimum Gasteiger partial charge on any atom is -0.394 e.